The molecule has 0 spiro atoms. The fourth-order valence-corrected chi connectivity index (χ4v) is 1.08. The largest absolute Gasteiger partial charge is 0.320 e. The number of halogens is 2. The molecule has 0 radical (unpaired) electrons. The zero-order valence-electron chi connectivity index (χ0n) is 7.14. The van der Waals surface area contributed by atoms with E-state index < -0.39 is 6.43 Å². The van der Waals surface area contributed by atoms with E-state index in [0.717, 1.165) is 11.4 Å². The number of hydrogen-bond donors (Lipinski definition) is 1. The molecule has 68 valence electrons. The molecule has 0 fully saturated rings. The Kier molecular flexibility index (Phi) is 2.68. The molecule has 0 amide bonds. The summed E-state index contributed by atoms with van der Waals surface area (Å²) in [6.07, 6.45) is -2.31. The number of aryl methyl sites for hydroxylation is 2. The molecule has 0 unspecified atom stereocenters. The summed E-state index contributed by atoms with van der Waals surface area (Å²) < 4.78 is 25.3. The fraction of sp³-hybridized carbons (Fsp3) is 0.500. The van der Waals surface area contributed by atoms with Crippen molar-refractivity contribution in [2.75, 3.05) is 12.0 Å². The highest BCUT2D eigenvalue weighted by molar-refractivity contribution is 5.15. The van der Waals surface area contributed by atoms with Crippen molar-refractivity contribution < 1.29 is 8.78 Å². The minimum atomic E-state index is -2.31. The van der Waals surface area contributed by atoms with E-state index in [1.165, 1.54) is 0 Å². The topological polar surface area (TPSA) is 17.0 Å². The molecule has 1 rings (SSSR count). The van der Waals surface area contributed by atoms with Crippen molar-refractivity contribution in [1.29, 1.82) is 0 Å². The SMILES string of the molecule is Cc1ccc(C)n1NCC(F)F. The van der Waals surface area contributed by atoms with Gasteiger partial charge in [-0.15, -0.1) is 0 Å². The Morgan fingerprint density at radius 1 is 1.33 bits per heavy atom. The predicted molar refractivity (Wildman–Crippen MR) is 44.1 cm³/mol. The lowest BCUT2D eigenvalue weighted by Crippen LogP contribution is -2.22. The molecule has 1 N–H and O–H groups in total. The first-order valence-corrected chi connectivity index (χ1v) is 3.78. The summed E-state index contributed by atoms with van der Waals surface area (Å²) >= 11 is 0. The smallest absolute Gasteiger partial charge is 0.257 e. The van der Waals surface area contributed by atoms with Gasteiger partial charge in [0.05, 0.1) is 6.54 Å². The Hall–Kier alpha value is -1.06. The first-order chi connectivity index (χ1) is 5.61. The van der Waals surface area contributed by atoms with Gasteiger partial charge < -0.3 is 5.43 Å². The van der Waals surface area contributed by atoms with Gasteiger partial charge in [-0.05, 0) is 26.0 Å². The lowest BCUT2D eigenvalue weighted by atomic mass is 10.5. The van der Waals surface area contributed by atoms with Gasteiger partial charge in [-0.3, -0.25) is 4.68 Å². The second-order valence-corrected chi connectivity index (χ2v) is 2.70. The third-order valence-electron chi connectivity index (χ3n) is 1.67. The number of rotatable bonds is 3. The minimum absolute atomic E-state index is 0.309. The molecule has 0 aromatic carbocycles. The van der Waals surface area contributed by atoms with Gasteiger partial charge in [-0.2, -0.15) is 0 Å². The van der Waals surface area contributed by atoms with E-state index in [-0.39, 0.29) is 6.54 Å². The van der Waals surface area contributed by atoms with Crippen LogP contribution in [0, 0.1) is 13.8 Å². The van der Waals surface area contributed by atoms with E-state index in [2.05, 4.69) is 5.43 Å². The Labute approximate surface area is 70.2 Å². The van der Waals surface area contributed by atoms with E-state index in [0.29, 0.717) is 0 Å². The highest BCUT2D eigenvalue weighted by Gasteiger charge is 2.03. The summed E-state index contributed by atoms with van der Waals surface area (Å²) in [7, 11) is 0. The van der Waals surface area contributed by atoms with Crippen LogP contribution in [0.15, 0.2) is 12.1 Å². The Balaban J connectivity index is 2.62. The van der Waals surface area contributed by atoms with E-state index in [4.69, 9.17) is 0 Å². The molecule has 1 heterocycles. The van der Waals surface area contributed by atoms with Crippen molar-refractivity contribution >= 4 is 0 Å². The first-order valence-electron chi connectivity index (χ1n) is 3.78. The van der Waals surface area contributed by atoms with E-state index >= 15 is 0 Å². The highest BCUT2D eigenvalue weighted by atomic mass is 19.3. The van der Waals surface area contributed by atoms with Crippen molar-refractivity contribution in [2.45, 2.75) is 20.3 Å². The predicted octanol–water partition coefficient (Wildman–Crippen LogP) is 1.91. The summed E-state index contributed by atoms with van der Waals surface area (Å²) in [6, 6.07) is 3.77. The molecule has 0 aliphatic heterocycles. The number of nitrogens with zero attached hydrogens (tertiary/aromatic N) is 1. The molecule has 0 aliphatic carbocycles. The van der Waals surface area contributed by atoms with Gasteiger partial charge in [0.1, 0.15) is 0 Å². The second kappa shape index (κ2) is 3.56. The number of nitrogens with one attached hydrogen (secondary N) is 1. The van der Waals surface area contributed by atoms with Crippen molar-refractivity contribution in [3.63, 3.8) is 0 Å². The van der Waals surface area contributed by atoms with E-state index in [9.17, 15) is 8.78 Å². The maximum Gasteiger partial charge on any atom is 0.257 e. The van der Waals surface area contributed by atoms with Gasteiger partial charge in [-0.1, -0.05) is 0 Å². The van der Waals surface area contributed by atoms with Crippen LogP contribution >= 0.6 is 0 Å². The average molecular weight is 174 g/mol. The summed E-state index contributed by atoms with van der Waals surface area (Å²) in [5.74, 6) is 0. The van der Waals surface area contributed by atoms with Gasteiger partial charge in [-0.25, -0.2) is 8.78 Å². The lowest BCUT2D eigenvalue weighted by Gasteiger charge is -2.11. The third kappa shape index (κ3) is 1.96. The molecule has 2 nitrogen and oxygen atoms in total. The molecular formula is C8H12F2N2. The van der Waals surface area contributed by atoms with Crippen LogP contribution in [0.3, 0.4) is 0 Å². The number of hydrogen-bond acceptors (Lipinski definition) is 1. The van der Waals surface area contributed by atoms with Crippen LogP contribution in [0.5, 0.6) is 0 Å². The number of alkyl halides is 2. The zero-order chi connectivity index (χ0) is 9.14. The molecule has 0 atom stereocenters. The van der Waals surface area contributed by atoms with Crippen LogP contribution in [-0.4, -0.2) is 17.6 Å². The van der Waals surface area contributed by atoms with Crippen molar-refractivity contribution in [3.05, 3.63) is 23.5 Å². The van der Waals surface area contributed by atoms with E-state index in [1.54, 1.807) is 4.68 Å². The van der Waals surface area contributed by atoms with Crippen LogP contribution in [0.25, 0.3) is 0 Å². The van der Waals surface area contributed by atoms with Crippen LogP contribution in [0.1, 0.15) is 11.4 Å². The first kappa shape index (κ1) is 9.03. The minimum Gasteiger partial charge on any atom is -0.320 e. The number of aromatic nitrogens is 1. The monoisotopic (exact) mass is 174 g/mol. The molecule has 4 heteroatoms. The molecule has 0 aliphatic rings. The molecule has 0 saturated heterocycles. The summed E-state index contributed by atoms with van der Waals surface area (Å²) in [4.78, 5) is 0. The van der Waals surface area contributed by atoms with Gasteiger partial charge in [0.25, 0.3) is 6.43 Å². The molecule has 12 heavy (non-hydrogen) atoms. The van der Waals surface area contributed by atoms with Crippen molar-refractivity contribution in [3.8, 4) is 0 Å². The summed E-state index contributed by atoms with van der Waals surface area (Å²) in [6.45, 7) is 3.42. The van der Waals surface area contributed by atoms with Gasteiger partial charge in [0.15, 0.2) is 0 Å². The normalized spacial score (nSPS) is 10.8. The van der Waals surface area contributed by atoms with Crippen LogP contribution in [0.4, 0.5) is 8.78 Å². The van der Waals surface area contributed by atoms with Gasteiger partial charge in [0.2, 0.25) is 0 Å². The van der Waals surface area contributed by atoms with E-state index in [1.807, 2.05) is 26.0 Å². The highest BCUT2D eigenvalue weighted by Crippen LogP contribution is 2.04. The summed E-state index contributed by atoms with van der Waals surface area (Å²) in [5.41, 5.74) is 4.50. The van der Waals surface area contributed by atoms with Crippen LogP contribution < -0.4 is 5.43 Å². The molecular weight excluding hydrogens is 162 g/mol. The standard InChI is InChI=1S/C8H12F2N2/c1-6-3-4-7(2)12(6)11-5-8(9)10/h3-4,8,11H,5H2,1-2H3. The molecule has 0 bridgehead atoms. The van der Waals surface area contributed by atoms with Crippen molar-refractivity contribution in [1.82, 2.24) is 4.68 Å². The average Bonchev–Trinajstić information content (AvgIpc) is 2.28. The maximum absolute atomic E-state index is 11.8. The van der Waals surface area contributed by atoms with Crippen LogP contribution in [0.2, 0.25) is 0 Å². The fourth-order valence-electron chi connectivity index (χ4n) is 1.08. The Morgan fingerprint density at radius 2 is 1.83 bits per heavy atom. The van der Waals surface area contributed by atoms with Crippen LogP contribution in [-0.2, 0) is 0 Å². The van der Waals surface area contributed by atoms with Crippen molar-refractivity contribution in [2.24, 2.45) is 0 Å². The molecule has 0 saturated carbocycles. The zero-order valence-corrected chi connectivity index (χ0v) is 7.14. The van der Waals surface area contributed by atoms with Gasteiger partial charge in [0, 0.05) is 11.4 Å². The Morgan fingerprint density at radius 3 is 2.25 bits per heavy atom. The molecule has 1 aromatic heterocycles. The second-order valence-electron chi connectivity index (χ2n) is 2.70. The quantitative estimate of drug-likeness (QED) is 0.740. The molecule has 1 aromatic rings. The maximum atomic E-state index is 11.8. The Bertz CT molecular complexity index is 236. The summed E-state index contributed by atoms with van der Waals surface area (Å²) in [5, 5.41) is 0. The lowest BCUT2D eigenvalue weighted by molar-refractivity contribution is 0.159. The van der Waals surface area contributed by atoms with Gasteiger partial charge >= 0.3 is 0 Å². The third-order valence-corrected chi connectivity index (χ3v) is 1.67.